The van der Waals surface area contributed by atoms with Crippen LogP contribution in [0.5, 0.6) is 5.75 Å². The zero-order valence-corrected chi connectivity index (χ0v) is 19.6. The number of ether oxygens (including phenoxy) is 1. The van der Waals surface area contributed by atoms with E-state index in [-0.39, 0.29) is 5.69 Å². The molecular formula is C21H25N5O4S2. The van der Waals surface area contributed by atoms with Crippen LogP contribution in [0.2, 0.25) is 0 Å². The average Bonchev–Trinajstić information content (AvgIpc) is 3.38. The molecule has 0 saturated heterocycles. The maximum atomic E-state index is 12.4. The molecule has 9 nitrogen and oxygen atoms in total. The Morgan fingerprint density at radius 3 is 2.84 bits per heavy atom. The highest BCUT2D eigenvalue weighted by Crippen LogP contribution is 2.27. The minimum atomic E-state index is -1.06. The number of anilines is 2. The highest BCUT2D eigenvalue weighted by molar-refractivity contribution is 7.99. The number of hydrogen-bond donors (Lipinski definition) is 4. The van der Waals surface area contributed by atoms with Gasteiger partial charge in [0, 0.05) is 23.0 Å². The van der Waals surface area contributed by atoms with E-state index in [1.807, 2.05) is 25.1 Å². The van der Waals surface area contributed by atoms with Crippen LogP contribution in [0.25, 0.3) is 0 Å². The molecule has 0 fully saturated rings. The van der Waals surface area contributed by atoms with Gasteiger partial charge < -0.3 is 20.1 Å². The molecule has 1 aromatic carbocycles. The van der Waals surface area contributed by atoms with Crippen molar-refractivity contribution >= 4 is 45.9 Å². The van der Waals surface area contributed by atoms with Crippen molar-refractivity contribution in [2.24, 2.45) is 5.92 Å². The zero-order valence-electron chi connectivity index (χ0n) is 18.0. The molecule has 0 saturated carbocycles. The monoisotopic (exact) mass is 475 g/mol. The highest BCUT2D eigenvalue weighted by Gasteiger charge is 2.12. The third-order valence-electron chi connectivity index (χ3n) is 4.09. The van der Waals surface area contributed by atoms with Crippen LogP contribution in [0.3, 0.4) is 0 Å². The first-order chi connectivity index (χ1) is 15.3. The van der Waals surface area contributed by atoms with E-state index in [0.29, 0.717) is 46.4 Å². The lowest BCUT2D eigenvalue weighted by molar-refractivity contribution is 0.0690. The number of aromatic carboxylic acids is 1. The number of amides is 2. The van der Waals surface area contributed by atoms with Crippen LogP contribution in [0.15, 0.2) is 35.7 Å². The van der Waals surface area contributed by atoms with Gasteiger partial charge in [-0.05, 0) is 37.0 Å². The Bertz CT molecular complexity index is 1080. The number of urea groups is 1. The van der Waals surface area contributed by atoms with Crippen LogP contribution in [0.1, 0.15) is 34.8 Å². The predicted molar refractivity (Wildman–Crippen MR) is 126 cm³/mol. The first-order valence-electron chi connectivity index (χ1n) is 9.98. The Balaban J connectivity index is 1.50. The fourth-order valence-electron chi connectivity index (χ4n) is 2.58. The number of thiazole rings is 1. The van der Waals surface area contributed by atoms with Gasteiger partial charge in [0.25, 0.3) is 0 Å². The Morgan fingerprint density at radius 1 is 1.31 bits per heavy atom. The van der Waals surface area contributed by atoms with E-state index in [4.69, 9.17) is 9.84 Å². The lowest BCUT2D eigenvalue weighted by Crippen LogP contribution is -2.20. The quantitative estimate of drug-likeness (QED) is 0.307. The van der Waals surface area contributed by atoms with Gasteiger partial charge in [0.15, 0.2) is 16.0 Å². The minimum absolute atomic E-state index is 0.00544. The number of hydrogen-bond acceptors (Lipinski definition) is 7. The molecule has 0 aliphatic rings. The Hall–Kier alpha value is -3.05. The molecule has 0 bridgehead atoms. The molecule has 11 heteroatoms. The fraction of sp³-hybridized carbons (Fsp3) is 0.333. The van der Waals surface area contributed by atoms with Crippen molar-refractivity contribution in [3.63, 3.8) is 0 Å². The number of aryl methyl sites for hydroxylation is 2. The second-order valence-electron chi connectivity index (χ2n) is 7.41. The van der Waals surface area contributed by atoms with Gasteiger partial charge in [0.2, 0.25) is 0 Å². The zero-order chi connectivity index (χ0) is 23.1. The van der Waals surface area contributed by atoms with Gasteiger partial charge in [0.05, 0.1) is 12.3 Å². The van der Waals surface area contributed by atoms with Gasteiger partial charge in [-0.2, -0.15) is 0 Å². The van der Waals surface area contributed by atoms with Crippen molar-refractivity contribution in [1.29, 1.82) is 0 Å². The molecule has 3 rings (SSSR count). The van der Waals surface area contributed by atoms with Crippen LogP contribution in [0.4, 0.5) is 15.6 Å². The summed E-state index contributed by atoms with van der Waals surface area (Å²) in [5.41, 5.74) is 1.64. The average molecular weight is 476 g/mol. The Kier molecular flexibility index (Phi) is 8.12. The highest BCUT2D eigenvalue weighted by atomic mass is 32.2. The minimum Gasteiger partial charge on any atom is -0.491 e. The molecule has 0 aliphatic carbocycles. The van der Waals surface area contributed by atoms with Crippen molar-refractivity contribution in [2.45, 2.75) is 32.3 Å². The number of imidazole rings is 1. The van der Waals surface area contributed by atoms with Gasteiger partial charge in [-0.25, -0.2) is 19.6 Å². The van der Waals surface area contributed by atoms with Gasteiger partial charge in [-0.3, -0.25) is 5.32 Å². The van der Waals surface area contributed by atoms with Crippen LogP contribution >= 0.6 is 23.1 Å². The maximum Gasteiger partial charge on any atom is 0.356 e. The first kappa shape index (κ1) is 23.6. The lowest BCUT2D eigenvalue weighted by Gasteiger charge is -2.14. The van der Waals surface area contributed by atoms with E-state index >= 15 is 0 Å². The molecule has 2 amide bonds. The number of thioether (sulfide) groups is 1. The van der Waals surface area contributed by atoms with E-state index in [9.17, 15) is 9.59 Å². The number of carbonyl (C=O) groups excluding carboxylic acids is 1. The van der Waals surface area contributed by atoms with E-state index in [1.165, 1.54) is 29.3 Å². The summed E-state index contributed by atoms with van der Waals surface area (Å²) in [6, 6.07) is 5.24. The third kappa shape index (κ3) is 6.99. The van der Waals surface area contributed by atoms with Crippen LogP contribution in [-0.4, -0.2) is 44.4 Å². The van der Waals surface area contributed by atoms with E-state index in [2.05, 4.69) is 39.4 Å². The van der Waals surface area contributed by atoms with Crippen LogP contribution < -0.4 is 15.4 Å². The van der Waals surface area contributed by atoms with Gasteiger partial charge in [-0.1, -0.05) is 31.7 Å². The number of nitrogens with one attached hydrogen (secondary N) is 3. The summed E-state index contributed by atoms with van der Waals surface area (Å²) < 4.78 is 5.83. The second kappa shape index (κ2) is 11.0. The molecule has 2 aromatic heterocycles. The normalized spacial score (nSPS) is 10.9. The molecular weight excluding hydrogens is 450 g/mol. The standard InChI is InChI=1S/C21H25N5O4S2/c1-12(2)11-30-17-8-13(3)4-5-15(17)24-19(29)26-21-22-9-14(32-21)6-7-31-20-23-10-16(25-20)18(27)28/h4-5,8-10,12H,6-7,11H2,1-3H3,(H,23,25)(H,27,28)(H2,22,24,26,29). The number of aromatic nitrogens is 3. The van der Waals surface area contributed by atoms with E-state index in [1.54, 1.807) is 6.20 Å². The summed E-state index contributed by atoms with van der Waals surface area (Å²) in [7, 11) is 0. The van der Waals surface area contributed by atoms with Crippen molar-refractivity contribution in [3.8, 4) is 5.75 Å². The molecule has 2 heterocycles. The summed E-state index contributed by atoms with van der Waals surface area (Å²) in [6.45, 7) is 6.66. The summed E-state index contributed by atoms with van der Waals surface area (Å²) in [4.78, 5) is 35.4. The molecule has 0 aliphatic heterocycles. The number of aromatic amines is 1. The number of carbonyl (C=O) groups is 2. The Morgan fingerprint density at radius 2 is 2.12 bits per heavy atom. The molecule has 0 atom stereocenters. The summed E-state index contributed by atoms with van der Waals surface area (Å²) >= 11 is 2.81. The summed E-state index contributed by atoms with van der Waals surface area (Å²) in [5, 5.41) is 15.5. The molecule has 0 radical (unpaired) electrons. The van der Waals surface area contributed by atoms with Crippen molar-refractivity contribution < 1.29 is 19.4 Å². The lowest BCUT2D eigenvalue weighted by atomic mass is 10.2. The summed E-state index contributed by atoms with van der Waals surface area (Å²) in [6.07, 6.45) is 3.79. The largest absolute Gasteiger partial charge is 0.491 e. The van der Waals surface area contributed by atoms with E-state index < -0.39 is 12.0 Å². The van der Waals surface area contributed by atoms with Crippen LogP contribution in [-0.2, 0) is 6.42 Å². The van der Waals surface area contributed by atoms with Crippen molar-refractivity contribution in [3.05, 3.63) is 46.7 Å². The topological polar surface area (TPSA) is 129 Å². The van der Waals surface area contributed by atoms with E-state index in [0.717, 1.165) is 10.4 Å². The molecule has 3 aromatic rings. The molecule has 32 heavy (non-hydrogen) atoms. The Labute approximate surface area is 194 Å². The van der Waals surface area contributed by atoms with Gasteiger partial charge >= 0.3 is 12.0 Å². The number of carboxylic acids is 1. The molecule has 4 N–H and O–H groups in total. The van der Waals surface area contributed by atoms with Gasteiger partial charge in [-0.15, -0.1) is 11.3 Å². The maximum absolute atomic E-state index is 12.4. The van der Waals surface area contributed by atoms with Crippen molar-refractivity contribution in [1.82, 2.24) is 15.0 Å². The molecule has 0 spiro atoms. The molecule has 0 unspecified atom stereocenters. The third-order valence-corrected chi connectivity index (χ3v) is 5.96. The summed E-state index contributed by atoms with van der Waals surface area (Å²) in [5.74, 6) is 0.639. The predicted octanol–water partition coefficient (Wildman–Crippen LogP) is 4.89. The van der Waals surface area contributed by atoms with Crippen LogP contribution in [0, 0.1) is 12.8 Å². The number of H-pyrrole nitrogens is 1. The van der Waals surface area contributed by atoms with Gasteiger partial charge in [0.1, 0.15) is 5.75 Å². The fourth-order valence-corrected chi connectivity index (χ4v) is 4.33. The number of carboxylic acid groups (broad SMARTS) is 1. The number of benzene rings is 1. The molecule has 170 valence electrons. The van der Waals surface area contributed by atoms with Crippen molar-refractivity contribution in [2.75, 3.05) is 23.0 Å². The number of rotatable bonds is 10. The second-order valence-corrected chi connectivity index (χ2v) is 9.61. The number of nitrogens with zero attached hydrogens (tertiary/aromatic N) is 2. The first-order valence-corrected chi connectivity index (χ1v) is 11.8. The smallest absolute Gasteiger partial charge is 0.356 e. The SMILES string of the molecule is Cc1ccc(NC(=O)Nc2ncc(CCSc3nc(C(=O)O)c[nH]3)s2)c(OCC(C)C)c1.